The van der Waals surface area contributed by atoms with Gasteiger partial charge in [-0.3, -0.25) is 4.89 Å². The van der Waals surface area contributed by atoms with E-state index in [1.807, 2.05) is 0 Å². The third-order valence-corrected chi connectivity index (χ3v) is 0.558. The molecule has 0 spiro atoms. The van der Waals surface area contributed by atoms with Gasteiger partial charge in [0.25, 0.3) is 0 Å². The van der Waals surface area contributed by atoms with Crippen LogP contribution in [0.5, 0.6) is 0 Å². The minimum Gasteiger partial charge on any atom is -0.301 e. The van der Waals surface area contributed by atoms with E-state index < -0.39 is 11.9 Å². The van der Waals surface area contributed by atoms with Gasteiger partial charge in [-0.25, -0.2) is 9.59 Å². The van der Waals surface area contributed by atoms with Crippen molar-refractivity contribution in [1.29, 1.82) is 0 Å². The van der Waals surface area contributed by atoms with Crippen LogP contribution < -0.4 is 0 Å². The van der Waals surface area contributed by atoms with Crippen LogP contribution in [0.2, 0.25) is 0 Å². The van der Waals surface area contributed by atoms with Crippen molar-refractivity contribution in [2.24, 2.45) is 0 Å². The molecule has 0 saturated heterocycles. The minimum absolute atomic E-state index is 0.309. The van der Waals surface area contributed by atoms with Crippen molar-refractivity contribution in [3.8, 4) is 0 Å². The van der Waals surface area contributed by atoms with Gasteiger partial charge in [-0.15, -0.1) is 11.6 Å². The predicted octanol–water partition coefficient (Wildman–Crippen LogP) is 0.264. The van der Waals surface area contributed by atoms with Crippen LogP contribution in [0.4, 0.5) is 0 Å². The van der Waals surface area contributed by atoms with Gasteiger partial charge in [0.15, 0.2) is 0 Å². The van der Waals surface area contributed by atoms with Crippen molar-refractivity contribution in [3.05, 3.63) is 0 Å². The van der Waals surface area contributed by atoms with Crippen molar-refractivity contribution in [1.82, 2.24) is 0 Å². The van der Waals surface area contributed by atoms with Gasteiger partial charge in [-0.05, 0) is 0 Å². The zero-order valence-electron chi connectivity index (χ0n) is 5.61. The third-order valence-electron chi connectivity index (χ3n) is 0.339. The summed E-state index contributed by atoms with van der Waals surface area (Å²) < 4.78 is 0. The lowest BCUT2D eigenvalue weighted by Gasteiger charge is -1.82. The number of halogens is 1. The summed E-state index contributed by atoms with van der Waals surface area (Å²) in [5.74, 6) is -1.84. The lowest BCUT2D eigenvalue weighted by atomic mass is 10.8. The molecule has 0 aromatic rings. The fourth-order valence-corrected chi connectivity index (χ4v) is 0.0732. The van der Waals surface area contributed by atoms with Gasteiger partial charge in [-0.1, -0.05) is 0 Å². The molecule has 2 N–H and O–H groups in total. The summed E-state index contributed by atoms with van der Waals surface area (Å²) in [7, 11) is 0. The number of rotatable bonds is 1. The van der Waals surface area contributed by atoms with Crippen LogP contribution in [-0.2, 0) is 19.4 Å². The number of hydrogen-bond acceptors (Lipinski definition) is 6. The highest BCUT2D eigenvalue weighted by atomic mass is 35.5. The molecular weight excluding hydrogens is 179 g/mol. The van der Waals surface area contributed by atoms with Gasteiger partial charge in [0.1, 0.15) is 5.88 Å². The minimum atomic E-state index is -0.836. The van der Waals surface area contributed by atoms with Gasteiger partial charge in [0.2, 0.25) is 0 Å². The van der Waals surface area contributed by atoms with E-state index in [4.69, 9.17) is 22.1 Å². The highest BCUT2D eigenvalue weighted by molar-refractivity contribution is 6.26. The second-order valence-corrected chi connectivity index (χ2v) is 1.45. The Labute approximate surface area is 67.1 Å². The largest absolute Gasteiger partial charge is 0.356 e. The summed E-state index contributed by atoms with van der Waals surface area (Å²) in [6.45, 7) is 1.11. The molecule has 6 nitrogen and oxygen atoms in total. The van der Waals surface area contributed by atoms with Crippen LogP contribution in [-0.4, -0.2) is 28.3 Å². The topological polar surface area (TPSA) is 93.1 Å². The Hall–Kier alpha value is -0.850. The van der Waals surface area contributed by atoms with Crippen molar-refractivity contribution in [2.75, 3.05) is 5.88 Å². The molecule has 0 fully saturated rings. The molecule has 0 aromatic heterocycles. The normalized spacial score (nSPS) is 7.27. The lowest BCUT2D eigenvalue weighted by Crippen LogP contribution is -2.00. The van der Waals surface area contributed by atoms with Gasteiger partial charge >= 0.3 is 11.9 Å². The summed E-state index contributed by atoms with van der Waals surface area (Å²) in [4.78, 5) is 25.2. The maximum absolute atomic E-state index is 9.58. The van der Waals surface area contributed by atoms with E-state index in [0.29, 0.717) is 0 Å². The average Bonchev–Trinajstić information content (AvgIpc) is 2.04. The first kappa shape index (κ1) is 12.8. The molecule has 0 aliphatic heterocycles. The predicted molar refractivity (Wildman–Crippen MR) is 33.8 cm³/mol. The first-order valence-corrected chi connectivity index (χ1v) is 2.84. The Morgan fingerprint density at radius 1 is 1.36 bits per heavy atom. The fraction of sp³-hybridized carbons (Fsp3) is 0.500. The Morgan fingerprint density at radius 2 is 1.73 bits per heavy atom. The van der Waals surface area contributed by atoms with Crippen molar-refractivity contribution in [2.45, 2.75) is 6.92 Å². The molecule has 11 heavy (non-hydrogen) atoms. The van der Waals surface area contributed by atoms with Gasteiger partial charge in [0.05, 0.1) is 0 Å². The molecule has 0 aliphatic rings. The standard InChI is InChI=1S/C2H3ClO3.C2H4O3/c3-1-2(4)6-5;1-2(3)5-4/h5H,1H2;4H,1H3. The van der Waals surface area contributed by atoms with Crippen LogP contribution in [0.15, 0.2) is 0 Å². The van der Waals surface area contributed by atoms with Crippen molar-refractivity contribution in [3.63, 3.8) is 0 Å². The maximum Gasteiger partial charge on any atom is 0.356 e. The molecule has 0 aromatic carbocycles. The number of alkyl halides is 1. The van der Waals surface area contributed by atoms with Crippen LogP contribution in [0.1, 0.15) is 6.92 Å². The van der Waals surface area contributed by atoms with E-state index in [-0.39, 0.29) is 5.88 Å². The zero-order chi connectivity index (χ0) is 9.28. The molecule has 7 heteroatoms. The first-order valence-electron chi connectivity index (χ1n) is 2.30. The van der Waals surface area contributed by atoms with E-state index >= 15 is 0 Å². The fourth-order valence-electron chi connectivity index (χ4n) is 0.0244. The molecule has 0 heterocycles. The van der Waals surface area contributed by atoms with Crippen LogP contribution in [0.25, 0.3) is 0 Å². The summed E-state index contributed by atoms with van der Waals surface area (Å²) >= 11 is 4.82. The zero-order valence-corrected chi connectivity index (χ0v) is 6.37. The molecule has 0 rings (SSSR count). The lowest BCUT2D eigenvalue weighted by molar-refractivity contribution is -0.231. The average molecular weight is 187 g/mol. The van der Waals surface area contributed by atoms with Crippen molar-refractivity contribution >= 4 is 23.5 Å². The van der Waals surface area contributed by atoms with Crippen LogP contribution in [0.3, 0.4) is 0 Å². The van der Waals surface area contributed by atoms with E-state index in [1.54, 1.807) is 0 Å². The third kappa shape index (κ3) is 17.6. The second-order valence-electron chi connectivity index (χ2n) is 1.18. The van der Waals surface area contributed by atoms with E-state index in [9.17, 15) is 9.59 Å². The maximum atomic E-state index is 9.58. The molecule has 0 saturated carbocycles. The van der Waals surface area contributed by atoms with Crippen LogP contribution >= 0.6 is 11.6 Å². The molecule has 0 radical (unpaired) electrons. The highest BCUT2D eigenvalue weighted by Gasteiger charge is 1.92. The summed E-state index contributed by atoms with van der Waals surface area (Å²) in [6.07, 6.45) is 0. The van der Waals surface area contributed by atoms with Crippen molar-refractivity contribution < 1.29 is 29.9 Å². The highest BCUT2D eigenvalue weighted by Crippen LogP contribution is 1.75. The summed E-state index contributed by atoms with van der Waals surface area (Å²) in [5, 5.41) is 14.7. The number of hydrogen-bond donors (Lipinski definition) is 2. The second kappa shape index (κ2) is 9.15. The Bertz CT molecular complexity index is 118. The molecule has 0 atom stereocenters. The summed E-state index contributed by atoms with van der Waals surface area (Å²) in [5.41, 5.74) is 0. The monoisotopic (exact) mass is 186 g/mol. The van der Waals surface area contributed by atoms with E-state index in [1.165, 1.54) is 0 Å². The Kier molecular flexibility index (Phi) is 10.6. The Morgan fingerprint density at radius 3 is 1.73 bits per heavy atom. The van der Waals surface area contributed by atoms with Gasteiger partial charge < -0.3 is 4.89 Å². The molecule has 0 bridgehead atoms. The van der Waals surface area contributed by atoms with Crippen LogP contribution in [0, 0.1) is 0 Å². The smallest absolute Gasteiger partial charge is 0.301 e. The van der Waals surface area contributed by atoms with E-state index in [2.05, 4.69) is 9.78 Å². The van der Waals surface area contributed by atoms with Gasteiger partial charge in [-0.2, -0.15) is 10.5 Å². The summed E-state index contributed by atoms with van der Waals surface area (Å²) in [6, 6.07) is 0. The SMILES string of the molecule is CC(=O)OO.O=C(CCl)OO. The van der Waals surface area contributed by atoms with Gasteiger partial charge in [0, 0.05) is 6.92 Å². The molecule has 0 aliphatic carbocycles. The first-order chi connectivity index (χ1) is 5.08. The number of carbonyl (C=O) groups excluding carboxylic acids is 2. The molecule has 66 valence electrons. The molecule has 0 unspecified atom stereocenters. The Balaban J connectivity index is 0. The molecule has 0 amide bonds. The number of carbonyl (C=O) groups is 2. The quantitative estimate of drug-likeness (QED) is 0.347. The van der Waals surface area contributed by atoms with E-state index in [0.717, 1.165) is 6.92 Å². The molecular formula is C4H7ClO6.